The van der Waals surface area contributed by atoms with Crippen molar-refractivity contribution >= 4 is 17.7 Å². The highest BCUT2D eigenvalue weighted by Gasteiger charge is 2.03. The first-order valence-corrected chi connectivity index (χ1v) is 8.24. The third-order valence-corrected chi connectivity index (χ3v) is 3.31. The lowest BCUT2D eigenvalue weighted by Gasteiger charge is -2.21. The predicted octanol–water partition coefficient (Wildman–Crippen LogP) is 2.99. The summed E-state index contributed by atoms with van der Waals surface area (Å²) in [6.07, 6.45) is 8.76. The smallest absolute Gasteiger partial charge is 0.193 e. The molecule has 106 valence electrons. The van der Waals surface area contributed by atoms with Crippen molar-refractivity contribution in [3.05, 3.63) is 12.7 Å². The number of guanidine groups is 1. The van der Waals surface area contributed by atoms with Gasteiger partial charge in [0.05, 0.1) is 0 Å². The second kappa shape index (κ2) is 12.8. The Morgan fingerprint density at radius 1 is 1.39 bits per heavy atom. The number of nitrogens with zero attached hydrogens (tertiary/aromatic N) is 2. The van der Waals surface area contributed by atoms with E-state index in [-0.39, 0.29) is 0 Å². The summed E-state index contributed by atoms with van der Waals surface area (Å²) in [5, 5.41) is 3.35. The van der Waals surface area contributed by atoms with Gasteiger partial charge in [-0.3, -0.25) is 4.99 Å². The van der Waals surface area contributed by atoms with E-state index in [1.807, 2.05) is 17.8 Å². The third-order valence-electron chi connectivity index (χ3n) is 2.62. The largest absolute Gasteiger partial charge is 0.357 e. The van der Waals surface area contributed by atoms with E-state index in [4.69, 9.17) is 0 Å². The van der Waals surface area contributed by atoms with Gasteiger partial charge in [0.15, 0.2) is 5.96 Å². The molecule has 0 spiro atoms. The van der Waals surface area contributed by atoms with Crippen LogP contribution in [0.4, 0.5) is 0 Å². The van der Waals surface area contributed by atoms with Gasteiger partial charge in [-0.2, -0.15) is 11.8 Å². The fourth-order valence-electron chi connectivity index (χ4n) is 1.59. The van der Waals surface area contributed by atoms with E-state index in [2.05, 4.69) is 42.0 Å². The normalized spacial score (nSPS) is 11.4. The van der Waals surface area contributed by atoms with Crippen LogP contribution in [0.1, 0.15) is 32.6 Å². The van der Waals surface area contributed by atoms with Crippen molar-refractivity contribution in [2.24, 2.45) is 4.99 Å². The van der Waals surface area contributed by atoms with E-state index < -0.39 is 0 Å². The number of nitrogens with one attached hydrogen (secondary N) is 1. The highest BCUT2D eigenvalue weighted by atomic mass is 32.2. The number of hydrogen-bond acceptors (Lipinski definition) is 2. The van der Waals surface area contributed by atoms with Gasteiger partial charge in [-0.1, -0.05) is 6.08 Å². The topological polar surface area (TPSA) is 27.6 Å². The quantitative estimate of drug-likeness (QED) is 0.286. The minimum atomic E-state index is 0.925. The van der Waals surface area contributed by atoms with Crippen LogP contribution in [0.2, 0.25) is 0 Å². The fraction of sp³-hybridized carbons (Fsp3) is 0.786. The summed E-state index contributed by atoms with van der Waals surface area (Å²) in [6.45, 7) is 8.74. The Morgan fingerprint density at radius 2 is 2.17 bits per heavy atom. The third kappa shape index (κ3) is 9.40. The Balaban J connectivity index is 4.00. The van der Waals surface area contributed by atoms with Gasteiger partial charge in [0, 0.05) is 26.7 Å². The van der Waals surface area contributed by atoms with Gasteiger partial charge in [0.2, 0.25) is 0 Å². The molecular formula is C14H29N3S. The molecule has 18 heavy (non-hydrogen) atoms. The zero-order chi connectivity index (χ0) is 13.6. The molecule has 0 atom stereocenters. The lowest BCUT2D eigenvalue weighted by molar-refractivity contribution is 0.469. The Bertz CT molecular complexity index is 229. The van der Waals surface area contributed by atoms with Crippen LogP contribution >= 0.6 is 11.8 Å². The first kappa shape index (κ1) is 17.4. The molecule has 0 aliphatic rings. The molecule has 0 heterocycles. The summed E-state index contributed by atoms with van der Waals surface area (Å²) in [5.74, 6) is 2.27. The molecule has 0 bridgehead atoms. The van der Waals surface area contributed by atoms with Crippen molar-refractivity contribution < 1.29 is 0 Å². The van der Waals surface area contributed by atoms with E-state index in [9.17, 15) is 0 Å². The SMILES string of the molecule is C=CCCCN(C)C(=NCCCCSC)NCC. The second-order valence-electron chi connectivity index (χ2n) is 4.29. The molecule has 0 aromatic carbocycles. The van der Waals surface area contributed by atoms with Gasteiger partial charge in [0.25, 0.3) is 0 Å². The standard InChI is InChI=1S/C14H29N3S/c1-5-7-9-12-17(3)14(15-6-2)16-11-8-10-13-18-4/h5H,1,6-13H2,2-4H3,(H,15,16). The van der Waals surface area contributed by atoms with Gasteiger partial charge in [-0.25, -0.2) is 0 Å². The molecule has 0 radical (unpaired) electrons. The lowest BCUT2D eigenvalue weighted by Crippen LogP contribution is -2.39. The van der Waals surface area contributed by atoms with Crippen molar-refractivity contribution in [2.45, 2.75) is 32.6 Å². The van der Waals surface area contributed by atoms with Gasteiger partial charge in [-0.15, -0.1) is 6.58 Å². The van der Waals surface area contributed by atoms with Crippen LogP contribution in [0.15, 0.2) is 17.6 Å². The highest BCUT2D eigenvalue weighted by molar-refractivity contribution is 7.98. The molecular weight excluding hydrogens is 242 g/mol. The van der Waals surface area contributed by atoms with E-state index in [0.717, 1.165) is 38.4 Å². The number of allylic oxidation sites excluding steroid dienone is 1. The van der Waals surface area contributed by atoms with Crippen LogP contribution in [0, 0.1) is 0 Å². The number of thioether (sulfide) groups is 1. The van der Waals surface area contributed by atoms with E-state index >= 15 is 0 Å². The predicted molar refractivity (Wildman–Crippen MR) is 85.7 cm³/mol. The molecule has 1 N–H and O–H groups in total. The van der Waals surface area contributed by atoms with Crippen molar-refractivity contribution in [3.63, 3.8) is 0 Å². The number of aliphatic imine (C=N–C) groups is 1. The van der Waals surface area contributed by atoms with Crippen LogP contribution < -0.4 is 5.32 Å². The van der Waals surface area contributed by atoms with Crippen LogP contribution in [0.5, 0.6) is 0 Å². The Morgan fingerprint density at radius 3 is 2.78 bits per heavy atom. The molecule has 0 saturated carbocycles. The second-order valence-corrected chi connectivity index (χ2v) is 5.27. The van der Waals surface area contributed by atoms with E-state index in [1.54, 1.807) is 0 Å². The maximum atomic E-state index is 4.66. The average molecular weight is 271 g/mol. The van der Waals surface area contributed by atoms with Crippen molar-refractivity contribution in [2.75, 3.05) is 38.7 Å². The molecule has 0 aromatic rings. The first-order chi connectivity index (χ1) is 8.76. The maximum Gasteiger partial charge on any atom is 0.193 e. The van der Waals surface area contributed by atoms with E-state index in [1.165, 1.54) is 18.6 Å². The summed E-state index contributed by atoms with van der Waals surface area (Å²) in [4.78, 5) is 6.87. The van der Waals surface area contributed by atoms with E-state index in [0.29, 0.717) is 0 Å². The molecule has 0 aromatic heterocycles. The summed E-state index contributed by atoms with van der Waals surface area (Å²) < 4.78 is 0. The summed E-state index contributed by atoms with van der Waals surface area (Å²) in [6, 6.07) is 0. The molecule has 0 fully saturated rings. The van der Waals surface area contributed by atoms with Crippen LogP contribution in [-0.2, 0) is 0 Å². The molecule has 0 amide bonds. The molecule has 0 rings (SSSR count). The number of unbranched alkanes of at least 4 members (excludes halogenated alkanes) is 2. The zero-order valence-corrected chi connectivity index (χ0v) is 13.1. The minimum Gasteiger partial charge on any atom is -0.357 e. The molecule has 4 heteroatoms. The summed E-state index contributed by atoms with van der Waals surface area (Å²) in [7, 11) is 2.10. The van der Waals surface area contributed by atoms with Gasteiger partial charge in [-0.05, 0) is 44.6 Å². The van der Waals surface area contributed by atoms with Crippen molar-refractivity contribution in [1.29, 1.82) is 0 Å². The van der Waals surface area contributed by atoms with Gasteiger partial charge >= 0.3 is 0 Å². The average Bonchev–Trinajstić information content (AvgIpc) is 2.37. The molecule has 0 aliphatic carbocycles. The molecule has 0 aliphatic heterocycles. The first-order valence-electron chi connectivity index (χ1n) is 6.85. The van der Waals surface area contributed by atoms with Gasteiger partial charge < -0.3 is 10.2 Å². The lowest BCUT2D eigenvalue weighted by atomic mass is 10.3. The Labute approximate surface area is 117 Å². The zero-order valence-electron chi connectivity index (χ0n) is 12.2. The molecule has 0 saturated heterocycles. The summed E-state index contributed by atoms with van der Waals surface area (Å²) in [5.41, 5.74) is 0. The monoisotopic (exact) mass is 271 g/mol. The summed E-state index contributed by atoms with van der Waals surface area (Å²) >= 11 is 1.91. The maximum absolute atomic E-state index is 4.66. The van der Waals surface area contributed by atoms with Gasteiger partial charge in [0.1, 0.15) is 0 Å². The highest BCUT2D eigenvalue weighted by Crippen LogP contribution is 2.00. The Kier molecular flexibility index (Phi) is 12.4. The number of hydrogen-bond donors (Lipinski definition) is 1. The van der Waals surface area contributed by atoms with Crippen LogP contribution in [0.3, 0.4) is 0 Å². The molecule has 3 nitrogen and oxygen atoms in total. The van der Waals surface area contributed by atoms with Crippen molar-refractivity contribution in [3.8, 4) is 0 Å². The number of rotatable bonds is 10. The Hall–Kier alpha value is -0.640. The minimum absolute atomic E-state index is 0.925. The molecule has 0 unspecified atom stereocenters. The fourth-order valence-corrected chi connectivity index (χ4v) is 2.08. The van der Waals surface area contributed by atoms with Crippen LogP contribution in [0.25, 0.3) is 0 Å². The van der Waals surface area contributed by atoms with Crippen LogP contribution in [-0.4, -0.2) is 49.6 Å². The van der Waals surface area contributed by atoms with Crippen molar-refractivity contribution in [1.82, 2.24) is 10.2 Å².